The summed E-state index contributed by atoms with van der Waals surface area (Å²) in [7, 11) is -2.21. The van der Waals surface area contributed by atoms with Gasteiger partial charge in [0.15, 0.2) is 24.0 Å². The summed E-state index contributed by atoms with van der Waals surface area (Å²) < 4.78 is 63.5. The summed E-state index contributed by atoms with van der Waals surface area (Å²) in [6.07, 6.45) is 5.99. The number of benzene rings is 1. The Morgan fingerprint density at radius 2 is 1.72 bits per heavy atom. The molecule has 0 saturated carbocycles. The van der Waals surface area contributed by atoms with Crippen molar-refractivity contribution in [3.05, 3.63) is 23.8 Å². The Morgan fingerprint density at radius 3 is 2.34 bits per heavy atom. The summed E-state index contributed by atoms with van der Waals surface area (Å²) in [4.78, 5) is 11.3. The zero-order valence-electron chi connectivity index (χ0n) is 16.8. The highest BCUT2D eigenvalue weighted by molar-refractivity contribution is 7.99. The first-order valence-electron chi connectivity index (χ1n) is 9.58. The van der Waals surface area contributed by atoms with Crippen molar-refractivity contribution >= 4 is 27.8 Å². The zero-order chi connectivity index (χ0) is 21.7. The fraction of sp³-hybridized carbons (Fsp3) is 0.632. The van der Waals surface area contributed by atoms with Gasteiger partial charge in [0.2, 0.25) is 10.0 Å². The van der Waals surface area contributed by atoms with E-state index in [0.717, 1.165) is 56.7 Å². The third kappa shape index (κ3) is 10.8. The molecule has 0 amide bonds. The Labute approximate surface area is 175 Å². The molecule has 0 heterocycles. The van der Waals surface area contributed by atoms with Crippen molar-refractivity contribution < 1.29 is 31.5 Å². The molecule has 1 aromatic rings. The third-order valence-electron chi connectivity index (χ3n) is 3.99. The molecule has 10 heteroatoms. The smallest absolute Gasteiger partial charge is 0.343 e. The highest BCUT2D eigenvalue weighted by Gasteiger charge is 2.15. The number of hydrogen-bond donors (Lipinski definition) is 1. The van der Waals surface area contributed by atoms with Crippen molar-refractivity contribution in [2.24, 2.45) is 0 Å². The number of thioether (sulfide) groups is 1. The number of ether oxygens (including phenoxy) is 2. The Hall–Kier alpha value is -1.39. The summed E-state index contributed by atoms with van der Waals surface area (Å²) in [6, 6.07) is 2.15. The van der Waals surface area contributed by atoms with Crippen LogP contribution in [0.4, 0.5) is 8.78 Å². The number of nitrogens with one attached hydrogen (secondary N) is 1. The zero-order valence-corrected chi connectivity index (χ0v) is 18.5. The van der Waals surface area contributed by atoms with Gasteiger partial charge in [-0.3, -0.25) is 0 Å². The number of halogens is 2. The average Bonchev–Trinajstić information content (AvgIpc) is 2.67. The van der Waals surface area contributed by atoms with Gasteiger partial charge in [-0.2, -0.15) is 0 Å². The lowest BCUT2D eigenvalue weighted by Gasteiger charge is -2.10. The number of carbonyl (C=O) groups excluding carboxylic acids is 1. The minimum atomic E-state index is -3.35. The molecule has 0 spiro atoms. The molecular weight excluding hydrogens is 424 g/mol. The Kier molecular flexibility index (Phi) is 12.2. The van der Waals surface area contributed by atoms with Crippen molar-refractivity contribution in [2.75, 3.05) is 31.8 Å². The molecule has 1 aromatic carbocycles. The van der Waals surface area contributed by atoms with Crippen molar-refractivity contribution in [3.8, 4) is 5.75 Å². The minimum absolute atomic E-state index is 0.0826. The van der Waals surface area contributed by atoms with Gasteiger partial charge < -0.3 is 9.47 Å². The maximum Gasteiger partial charge on any atom is 0.343 e. The van der Waals surface area contributed by atoms with Crippen LogP contribution in [0.2, 0.25) is 0 Å². The van der Waals surface area contributed by atoms with Crippen molar-refractivity contribution in [3.63, 3.8) is 0 Å². The molecule has 166 valence electrons. The number of methoxy groups -OCH3 is 1. The monoisotopic (exact) mass is 453 g/mol. The molecule has 0 aliphatic heterocycles. The minimum Gasteiger partial charge on any atom is -0.476 e. The number of unbranched alkanes of at least 4 members (excludes halogenated alkanes) is 5. The first-order chi connectivity index (χ1) is 13.8. The summed E-state index contributed by atoms with van der Waals surface area (Å²) in [5.74, 6) is -2.90. The molecule has 1 rings (SSSR count). The molecule has 0 aliphatic carbocycles. The lowest BCUT2D eigenvalue weighted by atomic mass is 10.1. The van der Waals surface area contributed by atoms with E-state index in [9.17, 15) is 22.0 Å². The van der Waals surface area contributed by atoms with Gasteiger partial charge in [0.05, 0.1) is 12.9 Å². The van der Waals surface area contributed by atoms with Crippen molar-refractivity contribution in [2.45, 2.75) is 50.3 Å². The van der Waals surface area contributed by atoms with Gasteiger partial charge in [-0.25, -0.2) is 26.7 Å². The first-order valence-corrected chi connectivity index (χ1v) is 12.2. The molecule has 0 radical (unpaired) electrons. The van der Waals surface area contributed by atoms with Crippen molar-refractivity contribution in [1.29, 1.82) is 0 Å². The third-order valence-corrected chi connectivity index (χ3v) is 6.44. The molecule has 0 atom stereocenters. The predicted molar refractivity (Wildman–Crippen MR) is 110 cm³/mol. The number of sulfonamides is 1. The second-order valence-electron chi connectivity index (χ2n) is 6.41. The normalized spacial score (nSPS) is 11.4. The van der Waals surface area contributed by atoms with E-state index in [1.807, 2.05) is 0 Å². The van der Waals surface area contributed by atoms with Crippen LogP contribution in [-0.4, -0.2) is 46.2 Å². The van der Waals surface area contributed by atoms with Crippen LogP contribution in [0, 0.1) is 11.6 Å². The van der Waals surface area contributed by atoms with E-state index in [-0.39, 0.29) is 12.3 Å². The van der Waals surface area contributed by atoms with Gasteiger partial charge in [-0.15, -0.1) is 11.8 Å². The van der Waals surface area contributed by atoms with Crippen molar-refractivity contribution in [1.82, 2.24) is 4.72 Å². The molecule has 0 aliphatic rings. The number of carbonyl (C=O) groups is 1. The Bertz CT molecular complexity index is 721. The molecule has 0 aromatic heterocycles. The SMILES string of the molecule is CCCCCCCCS(=O)(=O)NCCSc1cc(F)c(OCC(=O)OC)c(F)c1. The molecule has 1 N–H and O–H groups in total. The fourth-order valence-corrected chi connectivity index (χ4v) is 4.54. The van der Waals surface area contributed by atoms with Gasteiger partial charge >= 0.3 is 5.97 Å². The molecule has 0 saturated heterocycles. The maximum absolute atomic E-state index is 14.0. The summed E-state index contributed by atoms with van der Waals surface area (Å²) in [5.41, 5.74) is 0. The summed E-state index contributed by atoms with van der Waals surface area (Å²) >= 11 is 1.11. The molecule has 0 fully saturated rings. The van der Waals surface area contributed by atoms with E-state index in [0.29, 0.717) is 17.1 Å². The average molecular weight is 454 g/mol. The van der Waals surface area contributed by atoms with Gasteiger partial charge in [0.1, 0.15) is 0 Å². The van der Waals surface area contributed by atoms with Crippen LogP contribution >= 0.6 is 11.8 Å². The van der Waals surface area contributed by atoms with Crippen LogP contribution in [-0.2, 0) is 19.6 Å². The second kappa shape index (κ2) is 13.8. The lowest BCUT2D eigenvalue weighted by molar-refractivity contribution is -0.143. The Morgan fingerprint density at radius 1 is 1.10 bits per heavy atom. The van der Waals surface area contributed by atoms with Gasteiger partial charge in [0, 0.05) is 17.2 Å². The molecule has 0 unspecified atom stereocenters. The van der Waals surface area contributed by atoms with Crippen LogP contribution in [0.25, 0.3) is 0 Å². The lowest BCUT2D eigenvalue weighted by Crippen LogP contribution is -2.28. The fourth-order valence-electron chi connectivity index (χ4n) is 2.46. The van der Waals surface area contributed by atoms with Gasteiger partial charge in [0.25, 0.3) is 0 Å². The number of rotatable bonds is 15. The Balaban J connectivity index is 2.37. The highest BCUT2D eigenvalue weighted by Crippen LogP contribution is 2.28. The van der Waals surface area contributed by atoms with Crippen LogP contribution in [0.5, 0.6) is 5.75 Å². The van der Waals surface area contributed by atoms with E-state index >= 15 is 0 Å². The van der Waals surface area contributed by atoms with Crippen LogP contribution in [0.3, 0.4) is 0 Å². The highest BCUT2D eigenvalue weighted by atomic mass is 32.2. The summed E-state index contributed by atoms with van der Waals surface area (Å²) in [5, 5.41) is 0. The van der Waals surface area contributed by atoms with E-state index in [1.165, 1.54) is 6.42 Å². The van der Waals surface area contributed by atoms with E-state index in [4.69, 9.17) is 4.74 Å². The topological polar surface area (TPSA) is 81.7 Å². The first kappa shape index (κ1) is 25.6. The molecular formula is C19H29F2NO5S2. The standard InChI is InChI=1S/C19H29F2NO5S2/c1-3-4-5-6-7-8-11-29(24,25)22-9-10-28-15-12-16(20)19(17(21)13-15)27-14-18(23)26-2/h12-13,22H,3-11,14H2,1-2H3. The number of esters is 1. The second-order valence-corrected chi connectivity index (χ2v) is 9.51. The molecule has 6 nitrogen and oxygen atoms in total. The quantitative estimate of drug-likeness (QED) is 0.247. The maximum atomic E-state index is 14.0. The number of hydrogen-bond acceptors (Lipinski definition) is 6. The molecule has 29 heavy (non-hydrogen) atoms. The largest absolute Gasteiger partial charge is 0.476 e. The van der Waals surface area contributed by atoms with E-state index < -0.39 is 40.0 Å². The van der Waals surface area contributed by atoms with Gasteiger partial charge in [-0.1, -0.05) is 39.0 Å². The predicted octanol–water partition coefficient (Wildman–Crippen LogP) is 3.89. The van der Waals surface area contributed by atoms with E-state index in [1.54, 1.807) is 0 Å². The summed E-state index contributed by atoms with van der Waals surface area (Å²) in [6.45, 7) is 1.69. The van der Waals surface area contributed by atoms with Crippen LogP contribution < -0.4 is 9.46 Å². The molecule has 0 bridgehead atoms. The van der Waals surface area contributed by atoms with Gasteiger partial charge in [-0.05, 0) is 18.6 Å². The van der Waals surface area contributed by atoms with Crippen LogP contribution in [0.1, 0.15) is 45.4 Å². The van der Waals surface area contributed by atoms with E-state index in [2.05, 4.69) is 16.4 Å². The van der Waals surface area contributed by atoms with Crippen LogP contribution in [0.15, 0.2) is 17.0 Å².